The Morgan fingerprint density at radius 2 is 1.95 bits per heavy atom. The smallest absolute Gasteiger partial charge is 0.319 e. The standard InChI is InChI=1S/C14H19BrFNO2S/c1-7(2)13(14(18)19-8(3)4)20-12-6-11(17)10(16)5-9(12)15/h5-8,13H,17H2,1-4H3. The summed E-state index contributed by atoms with van der Waals surface area (Å²) in [7, 11) is 0. The third-order valence-electron chi connectivity index (χ3n) is 2.49. The van der Waals surface area contributed by atoms with E-state index in [9.17, 15) is 9.18 Å². The highest BCUT2D eigenvalue weighted by Gasteiger charge is 2.27. The molecule has 0 aliphatic carbocycles. The molecule has 0 heterocycles. The summed E-state index contributed by atoms with van der Waals surface area (Å²) in [6, 6.07) is 2.84. The van der Waals surface area contributed by atoms with E-state index in [0.717, 1.165) is 4.90 Å². The second-order valence-corrected chi connectivity index (χ2v) is 7.11. The highest BCUT2D eigenvalue weighted by molar-refractivity contribution is 9.10. The zero-order valence-electron chi connectivity index (χ0n) is 11.9. The molecule has 0 fully saturated rings. The number of anilines is 1. The number of hydrogen-bond acceptors (Lipinski definition) is 4. The zero-order valence-corrected chi connectivity index (χ0v) is 14.3. The quantitative estimate of drug-likeness (QED) is 0.482. The van der Waals surface area contributed by atoms with E-state index >= 15 is 0 Å². The maximum Gasteiger partial charge on any atom is 0.319 e. The van der Waals surface area contributed by atoms with Crippen molar-refractivity contribution in [2.24, 2.45) is 5.92 Å². The Hall–Kier alpha value is -0.750. The van der Waals surface area contributed by atoms with Crippen molar-refractivity contribution in [2.45, 2.75) is 43.9 Å². The number of carbonyl (C=O) groups excluding carboxylic acids is 1. The van der Waals surface area contributed by atoms with Gasteiger partial charge in [-0.05, 0) is 47.8 Å². The minimum atomic E-state index is -0.480. The Labute approximate surface area is 131 Å². The van der Waals surface area contributed by atoms with Crippen LogP contribution in [0.25, 0.3) is 0 Å². The number of nitrogen functional groups attached to an aromatic ring is 1. The van der Waals surface area contributed by atoms with Crippen LogP contribution in [0.5, 0.6) is 0 Å². The van der Waals surface area contributed by atoms with Crippen molar-refractivity contribution in [2.75, 3.05) is 5.73 Å². The number of thioether (sulfide) groups is 1. The molecule has 1 aromatic carbocycles. The molecule has 0 aliphatic rings. The fourth-order valence-corrected chi connectivity index (χ4v) is 3.19. The van der Waals surface area contributed by atoms with Gasteiger partial charge in [0.05, 0.1) is 11.8 Å². The fraction of sp³-hybridized carbons (Fsp3) is 0.500. The van der Waals surface area contributed by atoms with E-state index in [1.54, 1.807) is 0 Å². The number of benzene rings is 1. The lowest BCUT2D eigenvalue weighted by Crippen LogP contribution is -2.27. The second kappa shape index (κ2) is 7.31. The average Bonchev–Trinajstić information content (AvgIpc) is 2.30. The molecule has 112 valence electrons. The van der Waals surface area contributed by atoms with Crippen LogP contribution in [-0.2, 0) is 9.53 Å². The van der Waals surface area contributed by atoms with Crippen LogP contribution in [-0.4, -0.2) is 17.3 Å². The molecule has 3 nitrogen and oxygen atoms in total. The molecular formula is C14H19BrFNO2S. The number of rotatable bonds is 5. The van der Waals surface area contributed by atoms with Gasteiger partial charge in [0.15, 0.2) is 0 Å². The van der Waals surface area contributed by atoms with Crippen molar-refractivity contribution < 1.29 is 13.9 Å². The minimum absolute atomic E-state index is 0.0652. The zero-order chi connectivity index (χ0) is 15.4. The van der Waals surface area contributed by atoms with Gasteiger partial charge in [-0.15, -0.1) is 11.8 Å². The Morgan fingerprint density at radius 3 is 2.45 bits per heavy atom. The van der Waals surface area contributed by atoms with Crippen LogP contribution >= 0.6 is 27.7 Å². The van der Waals surface area contributed by atoms with Crippen molar-refractivity contribution in [3.8, 4) is 0 Å². The molecule has 0 bridgehead atoms. The van der Waals surface area contributed by atoms with E-state index in [4.69, 9.17) is 10.5 Å². The first kappa shape index (κ1) is 17.3. The maximum absolute atomic E-state index is 13.3. The first-order chi connectivity index (χ1) is 9.22. The summed E-state index contributed by atoms with van der Waals surface area (Å²) in [4.78, 5) is 12.8. The molecule has 1 rings (SSSR count). The Kier molecular flexibility index (Phi) is 6.33. The normalized spacial score (nSPS) is 12.8. The van der Waals surface area contributed by atoms with Crippen molar-refractivity contribution in [1.29, 1.82) is 0 Å². The fourth-order valence-electron chi connectivity index (χ4n) is 1.53. The summed E-state index contributed by atoms with van der Waals surface area (Å²) < 4.78 is 19.2. The SMILES string of the molecule is CC(C)OC(=O)C(Sc1cc(N)c(F)cc1Br)C(C)C. The Bertz CT molecular complexity index is 494. The number of halogens is 2. The highest BCUT2D eigenvalue weighted by Crippen LogP contribution is 2.36. The van der Waals surface area contributed by atoms with Crippen molar-refractivity contribution in [1.82, 2.24) is 0 Å². The van der Waals surface area contributed by atoms with Gasteiger partial charge in [-0.1, -0.05) is 13.8 Å². The summed E-state index contributed by atoms with van der Waals surface area (Å²) in [5.74, 6) is -0.661. The first-order valence-corrected chi connectivity index (χ1v) is 8.01. The minimum Gasteiger partial charge on any atom is -0.462 e. The summed E-state index contributed by atoms with van der Waals surface area (Å²) >= 11 is 4.62. The largest absolute Gasteiger partial charge is 0.462 e. The molecule has 1 unspecified atom stereocenters. The van der Waals surface area contributed by atoms with Crippen LogP contribution in [0.15, 0.2) is 21.5 Å². The lowest BCUT2D eigenvalue weighted by atomic mass is 10.1. The molecule has 6 heteroatoms. The van der Waals surface area contributed by atoms with Crippen LogP contribution in [0.2, 0.25) is 0 Å². The van der Waals surface area contributed by atoms with Gasteiger partial charge in [0.2, 0.25) is 0 Å². The number of hydrogen-bond donors (Lipinski definition) is 1. The molecule has 0 aliphatic heterocycles. The first-order valence-electron chi connectivity index (χ1n) is 6.34. The van der Waals surface area contributed by atoms with Gasteiger partial charge in [0.25, 0.3) is 0 Å². The van der Waals surface area contributed by atoms with Gasteiger partial charge in [0.1, 0.15) is 11.1 Å². The van der Waals surface area contributed by atoms with E-state index in [2.05, 4.69) is 15.9 Å². The summed E-state index contributed by atoms with van der Waals surface area (Å²) in [6.45, 7) is 7.51. The van der Waals surface area contributed by atoms with Gasteiger partial charge in [-0.2, -0.15) is 0 Å². The average molecular weight is 364 g/mol. The van der Waals surface area contributed by atoms with Gasteiger partial charge >= 0.3 is 5.97 Å². The van der Waals surface area contributed by atoms with E-state index < -0.39 is 5.82 Å². The lowest BCUT2D eigenvalue weighted by Gasteiger charge is -2.21. The molecule has 0 saturated heterocycles. The lowest BCUT2D eigenvalue weighted by molar-refractivity contribution is -0.147. The van der Waals surface area contributed by atoms with Gasteiger partial charge in [-0.3, -0.25) is 4.79 Å². The second-order valence-electron chi connectivity index (χ2n) is 5.07. The Morgan fingerprint density at radius 1 is 1.35 bits per heavy atom. The van der Waals surface area contributed by atoms with Crippen LogP contribution in [0.4, 0.5) is 10.1 Å². The molecule has 2 N–H and O–H groups in total. The molecular weight excluding hydrogens is 345 g/mol. The molecule has 20 heavy (non-hydrogen) atoms. The predicted molar refractivity (Wildman–Crippen MR) is 84.2 cm³/mol. The molecule has 0 saturated carbocycles. The van der Waals surface area contributed by atoms with E-state index in [1.807, 2.05) is 27.7 Å². The monoisotopic (exact) mass is 363 g/mol. The van der Waals surface area contributed by atoms with Crippen molar-refractivity contribution >= 4 is 39.3 Å². The van der Waals surface area contributed by atoms with Gasteiger partial charge in [-0.25, -0.2) is 4.39 Å². The predicted octanol–water partition coefficient (Wildman–Crippen LogP) is 4.24. The summed E-state index contributed by atoms with van der Waals surface area (Å²) in [6.07, 6.45) is -0.161. The van der Waals surface area contributed by atoms with Crippen molar-refractivity contribution in [3.63, 3.8) is 0 Å². The van der Waals surface area contributed by atoms with Crippen molar-refractivity contribution in [3.05, 3.63) is 22.4 Å². The molecule has 0 aromatic heterocycles. The molecule has 1 aromatic rings. The van der Waals surface area contributed by atoms with E-state index in [-0.39, 0.29) is 28.9 Å². The third-order valence-corrected chi connectivity index (χ3v) is 5.00. The topological polar surface area (TPSA) is 52.3 Å². The summed E-state index contributed by atoms with van der Waals surface area (Å²) in [5.41, 5.74) is 5.64. The number of nitrogens with two attached hydrogens (primary N) is 1. The summed E-state index contributed by atoms with van der Waals surface area (Å²) in [5, 5.41) is -0.362. The van der Waals surface area contributed by atoms with Crippen LogP contribution in [0.3, 0.4) is 0 Å². The number of ether oxygens (including phenoxy) is 1. The van der Waals surface area contributed by atoms with Gasteiger partial charge < -0.3 is 10.5 Å². The van der Waals surface area contributed by atoms with E-state index in [0.29, 0.717) is 4.47 Å². The Balaban J connectivity index is 2.97. The molecule has 1 atom stereocenters. The van der Waals surface area contributed by atoms with Crippen LogP contribution in [0.1, 0.15) is 27.7 Å². The maximum atomic E-state index is 13.3. The van der Waals surface area contributed by atoms with Crippen LogP contribution < -0.4 is 5.73 Å². The highest BCUT2D eigenvalue weighted by atomic mass is 79.9. The van der Waals surface area contributed by atoms with Crippen LogP contribution in [0, 0.1) is 11.7 Å². The molecule has 0 radical (unpaired) electrons. The third kappa shape index (κ3) is 4.66. The number of esters is 1. The van der Waals surface area contributed by atoms with Gasteiger partial charge in [0, 0.05) is 9.37 Å². The molecule has 0 amide bonds. The van der Waals surface area contributed by atoms with E-state index in [1.165, 1.54) is 23.9 Å². The number of carbonyl (C=O) groups is 1. The molecule has 0 spiro atoms.